The molecule has 3 rings (SSSR count). The molecule has 6 heteroatoms. The van der Waals surface area contributed by atoms with Crippen LogP contribution in [-0.4, -0.2) is 55.2 Å². The highest BCUT2D eigenvalue weighted by atomic mass is 32.1. The first kappa shape index (κ1) is 20.1. The molecule has 0 aliphatic carbocycles. The first-order valence-electron chi connectivity index (χ1n) is 10.1. The lowest BCUT2D eigenvalue weighted by Crippen LogP contribution is -2.40. The largest absolute Gasteiger partial charge is 0.386 e. The van der Waals surface area contributed by atoms with Gasteiger partial charge < -0.3 is 20.6 Å². The third-order valence-electron chi connectivity index (χ3n) is 4.91. The van der Waals surface area contributed by atoms with Crippen molar-refractivity contribution in [2.24, 2.45) is 10.9 Å². The Balaban J connectivity index is 1.51. The second kappa shape index (κ2) is 10.1. The Morgan fingerprint density at radius 3 is 2.78 bits per heavy atom. The molecule has 1 aromatic heterocycles. The molecule has 1 fully saturated rings. The average Bonchev–Trinajstić information content (AvgIpc) is 3.33. The molecule has 1 aliphatic rings. The van der Waals surface area contributed by atoms with Crippen molar-refractivity contribution in [2.75, 3.05) is 39.3 Å². The maximum absolute atomic E-state index is 10.6. The quantitative estimate of drug-likeness (QED) is 0.480. The lowest BCUT2D eigenvalue weighted by molar-refractivity contribution is 0.184. The zero-order chi connectivity index (χ0) is 19.1. The van der Waals surface area contributed by atoms with Gasteiger partial charge in [-0.1, -0.05) is 25.1 Å². The van der Waals surface area contributed by atoms with Gasteiger partial charge in [-0.2, -0.15) is 0 Å². The number of hydrogen-bond donors (Lipinski definition) is 3. The minimum atomic E-state index is -0.534. The highest BCUT2D eigenvalue weighted by molar-refractivity contribution is 7.19. The van der Waals surface area contributed by atoms with E-state index in [1.165, 1.54) is 36.0 Å². The van der Waals surface area contributed by atoms with Gasteiger partial charge in [0.15, 0.2) is 5.96 Å². The van der Waals surface area contributed by atoms with Crippen LogP contribution in [0.4, 0.5) is 0 Å². The average molecular weight is 389 g/mol. The fourth-order valence-corrected chi connectivity index (χ4v) is 4.56. The summed E-state index contributed by atoms with van der Waals surface area (Å²) < 4.78 is 1.21. The molecule has 0 bridgehead atoms. The van der Waals surface area contributed by atoms with E-state index in [1.807, 2.05) is 12.1 Å². The fourth-order valence-electron chi connectivity index (χ4n) is 3.51. The Hall–Kier alpha value is -1.63. The van der Waals surface area contributed by atoms with Gasteiger partial charge in [0.05, 0.1) is 0 Å². The molecule has 27 heavy (non-hydrogen) atoms. The summed E-state index contributed by atoms with van der Waals surface area (Å²) in [5, 5.41) is 18.3. The van der Waals surface area contributed by atoms with Gasteiger partial charge in [-0.15, -0.1) is 11.3 Å². The van der Waals surface area contributed by atoms with Crippen molar-refractivity contribution in [1.29, 1.82) is 0 Å². The zero-order valence-electron chi connectivity index (χ0n) is 16.4. The Morgan fingerprint density at radius 1 is 1.26 bits per heavy atom. The summed E-state index contributed by atoms with van der Waals surface area (Å²) >= 11 is 1.65. The molecule has 1 saturated heterocycles. The smallest absolute Gasteiger partial charge is 0.191 e. The van der Waals surface area contributed by atoms with Crippen LogP contribution in [0, 0.1) is 5.92 Å². The number of thiophene rings is 1. The summed E-state index contributed by atoms with van der Waals surface area (Å²) in [6, 6.07) is 10.3. The number of aliphatic hydroxyl groups is 1. The van der Waals surface area contributed by atoms with Crippen molar-refractivity contribution in [1.82, 2.24) is 15.5 Å². The maximum atomic E-state index is 10.6. The van der Waals surface area contributed by atoms with Gasteiger partial charge in [-0.25, -0.2) is 0 Å². The van der Waals surface area contributed by atoms with Crippen LogP contribution in [0.5, 0.6) is 0 Å². The normalized spacial score (nSPS) is 18.0. The summed E-state index contributed by atoms with van der Waals surface area (Å²) in [5.74, 6) is 1.32. The molecule has 0 amide bonds. The fraction of sp³-hybridized carbons (Fsp3) is 0.571. The molecule has 2 atom stereocenters. The maximum Gasteiger partial charge on any atom is 0.191 e. The predicted octanol–water partition coefficient (Wildman–Crippen LogP) is 3.22. The van der Waals surface area contributed by atoms with Gasteiger partial charge in [0.1, 0.15) is 6.10 Å². The minimum absolute atomic E-state index is 0.458. The summed E-state index contributed by atoms with van der Waals surface area (Å²) in [7, 11) is 0. The van der Waals surface area contributed by atoms with Crippen molar-refractivity contribution in [3.63, 3.8) is 0 Å². The first-order valence-corrected chi connectivity index (χ1v) is 10.9. The van der Waals surface area contributed by atoms with Crippen molar-refractivity contribution in [2.45, 2.75) is 32.8 Å². The Labute approximate surface area is 166 Å². The summed E-state index contributed by atoms with van der Waals surface area (Å²) in [6.07, 6.45) is 2.12. The monoisotopic (exact) mass is 388 g/mol. The van der Waals surface area contributed by atoms with Gasteiger partial charge in [-0.05, 0) is 56.3 Å². The van der Waals surface area contributed by atoms with Gasteiger partial charge in [-0.3, -0.25) is 4.99 Å². The van der Waals surface area contributed by atoms with Crippen molar-refractivity contribution < 1.29 is 5.11 Å². The molecule has 0 radical (unpaired) electrons. The molecule has 2 aromatic rings. The van der Waals surface area contributed by atoms with Gasteiger partial charge in [0.25, 0.3) is 0 Å². The third-order valence-corrected chi connectivity index (χ3v) is 6.13. The number of hydrogen-bond acceptors (Lipinski definition) is 4. The number of aliphatic imine (C=N–C) groups is 1. The van der Waals surface area contributed by atoms with Crippen LogP contribution in [0.15, 0.2) is 35.3 Å². The van der Waals surface area contributed by atoms with E-state index < -0.39 is 6.10 Å². The standard InChI is InChI=1S/C21H32N4OS/c1-3-22-21(23-13-16(2)15-25-10-6-7-11-25)24-14-18(26)20-12-17-8-4-5-9-19(17)27-20/h4-5,8-9,12,16,18,26H,3,6-7,10-11,13-15H2,1-2H3,(H2,22,23,24). The number of guanidine groups is 1. The molecule has 0 spiro atoms. The second-order valence-electron chi connectivity index (χ2n) is 7.42. The van der Waals surface area contributed by atoms with Gasteiger partial charge >= 0.3 is 0 Å². The van der Waals surface area contributed by atoms with E-state index >= 15 is 0 Å². The molecule has 2 unspecified atom stereocenters. The number of rotatable bonds is 8. The van der Waals surface area contributed by atoms with E-state index in [2.05, 4.69) is 47.6 Å². The SMILES string of the molecule is CCNC(=NCC(C)CN1CCCC1)NCC(O)c1cc2ccccc2s1. The summed E-state index contributed by atoms with van der Waals surface area (Å²) in [4.78, 5) is 8.25. The minimum Gasteiger partial charge on any atom is -0.386 e. The molecule has 3 N–H and O–H groups in total. The molecule has 2 heterocycles. The van der Waals surface area contributed by atoms with E-state index in [9.17, 15) is 5.11 Å². The van der Waals surface area contributed by atoms with E-state index in [4.69, 9.17) is 4.99 Å². The topological polar surface area (TPSA) is 59.9 Å². The lowest BCUT2D eigenvalue weighted by atomic mass is 10.2. The molecular formula is C21H32N4OS. The third kappa shape index (κ3) is 5.92. The van der Waals surface area contributed by atoms with E-state index in [-0.39, 0.29) is 0 Å². The highest BCUT2D eigenvalue weighted by Crippen LogP contribution is 2.29. The number of nitrogens with zero attached hydrogens (tertiary/aromatic N) is 2. The molecule has 148 valence electrons. The van der Waals surface area contributed by atoms with Crippen molar-refractivity contribution in [3.05, 3.63) is 35.2 Å². The molecular weight excluding hydrogens is 356 g/mol. The van der Waals surface area contributed by atoms with Crippen LogP contribution < -0.4 is 10.6 Å². The van der Waals surface area contributed by atoms with Gasteiger partial charge in [0.2, 0.25) is 0 Å². The van der Waals surface area contributed by atoms with Crippen molar-refractivity contribution in [3.8, 4) is 0 Å². The highest BCUT2D eigenvalue weighted by Gasteiger charge is 2.15. The van der Waals surface area contributed by atoms with E-state index in [0.29, 0.717) is 12.5 Å². The first-order chi connectivity index (χ1) is 13.2. The Bertz CT molecular complexity index is 706. The van der Waals surface area contributed by atoms with Crippen LogP contribution in [0.25, 0.3) is 10.1 Å². The summed E-state index contributed by atoms with van der Waals surface area (Å²) in [5.41, 5.74) is 0. The number of aliphatic hydroxyl groups excluding tert-OH is 1. The van der Waals surface area contributed by atoms with Crippen LogP contribution in [0.2, 0.25) is 0 Å². The van der Waals surface area contributed by atoms with Crippen LogP contribution in [0.1, 0.15) is 37.7 Å². The molecule has 1 aliphatic heterocycles. The second-order valence-corrected chi connectivity index (χ2v) is 8.53. The predicted molar refractivity (Wildman–Crippen MR) is 116 cm³/mol. The molecule has 5 nitrogen and oxygen atoms in total. The van der Waals surface area contributed by atoms with E-state index in [1.54, 1.807) is 11.3 Å². The lowest BCUT2D eigenvalue weighted by Gasteiger charge is -2.19. The van der Waals surface area contributed by atoms with Gasteiger partial charge in [0, 0.05) is 35.8 Å². The van der Waals surface area contributed by atoms with Crippen molar-refractivity contribution >= 4 is 27.4 Å². The van der Waals surface area contributed by atoms with Crippen LogP contribution >= 0.6 is 11.3 Å². The number of benzene rings is 1. The molecule has 0 saturated carbocycles. The Morgan fingerprint density at radius 2 is 2.04 bits per heavy atom. The van der Waals surface area contributed by atoms with Crippen LogP contribution in [-0.2, 0) is 0 Å². The van der Waals surface area contributed by atoms with E-state index in [0.717, 1.165) is 30.5 Å². The number of fused-ring (bicyclic) bond motifs is 1. The molecule has 1 aromatic carbocycles. The summed E-state index contributed by atoms with van der Waals surface area (Å²) in [6.45, 7) is 9.97. The number of likely N-dealkylation sites (tertiary alicyclic amines) is 1. The zero-order valence-corrected chi connectivity index (χ0v) is 17.3. The Kier molecular flexibility index (Phi) is 7.50. The number of nitrogens with one attached hydrogen (secondary N) is 2. The van der Waals surface area contributed by atoms with Crippen LogP contribution in [0.3, 0.4) is 0 Å².